The minimum atomic E-state index is -0.616. The number of amides is 1. The van der Waals surface area contributed by atoms with Crippen molar-refractivity contribution in [2.24, 2.45) is 0 Å². The molecule has 0 saturated carbocycles. The zero-order valence-corrected chi connectivity index (χ0v) is 18.7. The number of nitrogens with one attached hydrogen (secondary N) is 2. The van der Waals surface area contributed by atoms with Crippen molar-refractivity contribution in [2.75, 3.05) is 5.32 Å². The summed E-state index contributed by atoms with van der Waals surface area (Å²) in [5.41, 5.74) is 5.01. The molecule has 4 aromatic rings. The van der Waals surface area contributed by atoms with Crippen molar-refractivity contribution in [3.63, 3.8) is 0 Å². The van der Waals surface area contributed by atoms with Gasteiger partial charge in [-0.1, -0.05) is 38.1 Å². The Hall–Kier alpha value is -3.65. The molecule has 0 bridgehead atoms. The van der Waals surface area contributed by atoms with E-state index >= 15 is 0 Å². The van der Waals surface area contributed by atoms with Crippen molar-refractivity contribution in [1.29, 1.82) is 0 Å². The number of halogens is 1. The molecule has 0 spiro atoms. The molecule has 0 saturated heterocycles. The number of aryl methyl sites for hydroxylation is 1. The summed E-state index contributed by atoms with van der Waals surface area (Å²) in [6, 6.07) is 17.6. The minimum absolute atomic E-state index is 0.0670. The molecule has 162 valence electrons. The highest BCUT2D eigenvalue weighted by Gasteiger charge is 2.14. The van der Waals surface area contributed by atoms with Crippen molar-refractivity contribution in [1.82, 2.24) is 20.3 Å². The lowest BCUT2D eigenvalue weighted by atomic mass is 10.0. The lowest BCUT2D eigenvalue weighted by molar-refractivity contribution is 0.0974. The Bertz CT molecular complexity index is 1310. The van der Waals surface area contributed by atoms with E-state index < -0.39 is 11.7 Å². The van der Waals surface area contributed by atoms with Gasteiger partial charge < -0.3 is 5.32 Å². The van der Waals surface area contributed by atoms with Crippen LogP contribution in [-0.2, 0) is 0 Å². The standard InChI is InChI=1S/C24H22FN5OS/c1-14(2)16-8-10-17(11-9-16)30-28-21-12-15(3)20(13-22(21)29-30)26-24(32)27-23(31)18-6-4-5-7-19(18)25/h4-14H,1-3H3,(H2,26,27,31,32). The maximum Gasteiger partial charge on any atom is 0.260 e. The highest BCUT2D eigenvalue weighted by atomic mass is 32.1. The van der Waals surface area contributed by atoms with E-state index in [2.05, 4.69) is 46.8 Å². The van der Waals surface area contributed by atoms with Gasteiger partial charge >= 0.3 is 0 Å². The van der Waals surface area contributed by atoms with Gasteiger partial charge in [-0.25, -0.2) is 4.39 Å². The Kier molecular flexibility index (Phi) is 5.96. The molecule has 0 fully saturated rings. The summed E-state index contributed by atoms with van der Waals surface area (Å²) in [6.07, 6.45) is 0. The molecule has 8 heteroatoms. The normalized spacial score (nSPS) is 11.0. The van der Waals surface area contributed by atoms with E-state index in [1.54, 1.807) is 10.9 Å². The number of anilines is 1. The van der Waals surface area contributed by atoms with Crippen LogP contribution in [0, 0.1) is 12.7 Å². The molecule has 0 aliphatic heterocycles. The van der Waals surface area contributed by atoms with E-state index in [0.717, 1.165) is 16.8 Å². The largest absolute Gasteiger partial charge is 0.332 e. The van der Waals surface area contributed by atoms with Crippen molar-refractivity contribution < 1.29 is 9.18 Å². The monoisotopic (exact) mass is 447 g/mol. The van der Waals surface area contributed by atoms with Gasteiger partial charge in [-0.05, 0) is 72.6 Å². The van der Waals surface area contributed by atoms with Crippen LogP contribution in [0.15, 0.2) is 60.7 Å². The maximum absolute atomic E-state index is 13.8. The van der Waals surface area contributed by atoms with E-state index in [4.69, 9.17) is 12.2 Å². The van der Waals surface area contributed by atoms with E-state index in [1.165, 1.54) is 23.8 Å². The smallest absolute Gasteiger partial charge is 0.260 e. The third-order valence-corrected chi connectivity index (χ3v) is 5.32. The number of hydrogen-bond donors (Lipinski definition) is 2. The van der Waals surface area contributed by atoms with Gasteiger partial charge in [0.05, 0.1) is 11.3 Å². The Morgan fingerprint density at radius 1 is 1.03 bits per heavy atom. The molecule has 6 nitrogen and oxygen atoms in total. The fraction of sp³-hybridized carbons (Fsp3) is 0.167. The Morgan fingerprint density at radius 2 is 1.69 bits per heavy atom. The number of thiocarbonyl (C=S) groups is 1. The van der Waals surface area contributed by atoms with Crippen molar-refractivity contribution in [2.45, 2.75) is 26.7 Å². The van der Waals surface area contributed by atoms with Gasteiger partial charge in [-0.2, -0.15) is 4.80 Å². The highest BCUT2D eigenvalue weighted by Crippen LogP contribution is 2.23. The third kappa shape index (κ3) is 4.50. The summed E-state index contributed by atoms with van der Waals surface area (Å²) in [6.45, 7) is 6.20. The maximum atomic E-state index is 13.8. The van der Waals surface area contributed by atoms with Crippen LogP contribution >= 0.6 is 12.2 Å². The number of rotatable bonds is 4. The number of aromatic nitrogens is 3. The van der Waals surface area contributed by atoms with Crippen LogP contribution in [0.1, 0.15) is 41.3 Å². The van der Waals surface area contributed by atoms with E-state index in [1.807, 2.05) is 31.2 Å². The number of benzene rings is 3. The molecule has 0 radical (unpaired) electrons. The second-order valence-corrected chi connectivity index (χ2v) is 8.19. The number of hydrogen-bond acceptors (Lipinski definition) is 4. The fourth-order valence-corrected chi connectivity index (χ4v) is 3.48. The Morgan fingerprint density at radius 3 is 2.34 bits per heavy atom. The second kappa shape index (κ2) is 8.84. The van der Waals surface area contributed by atoms with Crippen LogP contribution in [0.5, 0.6) is 0 Å². The molecular formula is C24H22FN5OS. The summed E-state index contributed by atoms with van der Waals surface area (Å²) in [5, 5.41) is 14.7. The Labute approximate surface area is 190 Å². The van der Waals surface area contributed by atoms with Crippen molar-refractivity contribution >= 4 is 40.0 Å². The SMILES string of the molecule is Cc1cc2nn(-c3ccc(C(C)C)cc3)nc2cc1NC(=S)NC(=O)c1ccccc1F. The van der Waals surface area contributed by atoms with Crippen LogP contribution in [0.2, 0.25) is 0 Å². The number of nitrogens with zero attached hydrogens (tertiary/aromatic N) is 3. The van der Waals surface area contributed by atoms with E-state index in [9.17, 15) is 9.18 Å². The van der Waals surface area contributed by atoms with Gasteiger partial charge in [0.25, 0.3) is 5.91 Å². The first-order valence-corrected chi connectivity index (χ1v) is 10.6. The van der Waals surface area contributed by atoms with E-state index in [-0.39, 0.29) is 10.7 Å². The lowest BCUT2D eigenvalue weighted by Gasteiger charge is -2.12. The molecule has 0 aliphatic carbocycles. The number of carbonyl (C=O) groups is 1. The van der Waals surface area contributed by atoms with Crippen LogP contribution in [-0.4, -0.2) is 26.0 Å². The zero-order valence-electron chi connectivity index (χ0n) is 17.9. The molecule has 4 rings (SSSR count). The molecular weight excluding hydrogens is 425 g/mol. The summed E-state index contributed by atoms with van der Waals surface area (Å²) >= 11 is 5.25. The van der Waals surface area contributed by atoms with Crippen molar-refractivity contribution in [3.8, 4) is 5.69 Å². The average Bonchev–Trinajstić information content (AvgIpc) is 3.17. The van der Waals surface area contributed by atoms with Gasteiger partial charge in [0.15, 0.2) is 5.11 Å². The van der Waals surface area contributed by atoms with Gasteiger partial charge in [0, 0.05) is 5.69 Å². The first-order chi connectivity index (χ1) is 15.3. The number of fused-ring (bicyclic) bond motifs is 1. The molecule has 2 N–H and O–H groups in total. The summed E-state index contributed by atoms with van der Waals surface area (Å²) in [7, 11) is 0. The second-order valence-electron chi connectivity index (χ2n) is 7.78. The van der Waals surface area contributed by atoms with Gasteiger partial charge in [0.1, 0.15) is 16.9 Å². The first kappa shape index (κ1) is 21.6. The van der Waals surface area contributed by atoms with Gasteiger partial charge in [0.2, 0.25) is 0 Å². The van der Waals surface area contributed by atoms with Gasteiger partial charge in [-0.15, -0.1) is 10.2 Å². The van der Waals surface area contributed by atoms with E-state index in [0.29, 0.717) is 17.1 Å². The predicted molar refractivity (Wildman–Crippen MR) is 128 cm³/mol. The van der Waals surface area contributed by atoms with Crippen molar-refractivity contribution in [3.05, 3.63) is 83.2 Å². The molecule has 0 aliphatic rings. The lowest BCUT2D eigenvalue weighted by Crippen LogP contribution is -2.34. The van der Waals surface area contributed by atoms with Crippen LogP contribution in [0.3, 0.4) is 0 Å². The molecule has 0 atom stereocenters. The molecule has 1 aromatic heterocycles. The molecule has 3 aromatic carbocycles. The zero-order chi connectivity index (χ0) is 22.8. The first-order valence-electron chi connectivity index (χ1n) is 10.2. The molecule has 0 unspecified atom stereocenters. The average molecular weight is 448 g/mol. The molecule has 1 heterocycles. The Balaban J connectivity index is 1.53. The highest BCUT2D eigenvalue weighted by molar-refractivity contribution is 7.80. The molecule has 1 amide bonds. The third-order valence-electron chi connectivity index (χ3n) is 5.11. The van der Waals surface area contributed by atoms with Crippen LogP contribution < -0.4 is 10.6 Å². The topological polar surface area (TPSA) is 71.8 Å². The summed E-state index contributed by atoms with van der Waals surface area (Å²) < 4.78 is 13.8. The minimum Gasteiger partial charge on any atom is -0.332 e. The fourth-order valence-electron chi connectivity index (χ4n) is 3.28. The van der Waals surface area contributed by atoms with Crippen LogP contribution in [0.4, 0.5) is 10.1 Å². The quantitative estimate of drug-likeness (QED) is 0.425. The molecule has 32 heavy (non-hydrogen) atoms. The number of carbonyl (C=O) groups excluding carboxylic acids is 1. The summed E-state index contributed by atoms with van der Waals surface area (Å²) in [5.74, 6) is -0.772. The summed E-state index contributed by atoms with van der Waals surface area (Å²) in [4.78, 5) is 13.9. The predicted octanol–water partition coefficient (Wildman–Crippen LogP) is 5.12. The van der Waals surface area contributed by atoms with Crippen LogP contribution in [0.25, 0.3) is 16.7 Å². The van der Waals surface area contributed by atoms with Gasteiger partial charge in [-0.3, -0.25) is 10.1 Å².